The first-order chi connectivity index (χ1) is 22.7. The third-order valence-corrected chi connectivity index (χ3v) is 9.04. The van der Waals surface area contributed by atoms with Gasteiger partial charge in [-0.15, -0.1) is 0 Å². The molecule has 0 saturated carbocycles. The van der Waals surface area contributed by atoms with Gasteiger partial charge in [-0.25, -0.2) is 0 Å². The van der Waals surface area contributed by atoms with Crippen LogP contribution in [0.15, 0.2) is 126 Å². The van der Waals surface area contributed by atoms with E-state index in [9.17, 15) is 10.5 Å². The Morgan fingerprint density at radius 3 is 1.74 bits per heavy atom. The number of para-hydroxylation sites is 1. The summed E-state index contributed by atoms with van der Waals surface area (Å²) in [6, 6.07) is 41.9. The molecule has 1 heterocycles. The summed E-state index contributed by atoms with van der Waals surface area (Å²) in [7, 11) is 0. The first-order valence-electron chi connectivity index (χ1n) is 15.2. The molecule has 0 spiro atoms. The number of rotatable bonds is 4. The molecule has 0 aliphatic rings. The summed E-state index contributed by atoms with van der Waals surface area (Å²) < 4.78 is 6.81. The number of fused-ring (bicyclic) bond motifs is 6. The number of hydrogen-bond acceptors (Lipinski definition) is 3. The summed E-state index contributed by atoms with van der Waals surface area (Å²) in [5, 5.41) is 28.2. The average Bonchev–Trinajstić information content (AvgIpc) is 3.48. The molecule has 1 aromatic heterocycles. The summed E-state index contributed by atoms with van der Waals surface area (Å²) >= 11 is 0. The van der Waals surface area contributed by atoms with Crippen molar-refractivity contribution in [2.24, 2.45) is 0 Å². The minimum Gasteiger partial charge on any atom is -0.455 e. The molecule has 0 N–H and O–H groups in total. The van der Waals surface area contributed by atoms with Gasteiger partial charge in [0, 0.05) is 43.6 Å². The molecule has 214 valence electrons. The Labute approximate surface area is 266 Å². The fourth-order valence-electron chi connectivity index (χ4n) is 7.15. The van der Waals surface area contributed by atoms with E-state index in [0.717, 1.165) is 87.6 Å². The van der Waals surface area contributed by atoms with Crippen molar-refractivity contribution in [1.82, 2.24) is 0 Å². The van der Waals surface area contributed by atoms with Crippen molar-refractivity contribution in [2.45, 2.75) is 6.92 Å². The molecule has 8 aromatic rings. The van der Waals surface area contributed by atoms with Crippen molar-refractivity contribution in [3.8, 4) is 34.4 Å². The maximum Gasteiger partial charge on any atom is 0.143 e. The summed E-state index contributed by atoms with van der Waals surface area (Å²) in [6.45, 7) is 6.07. The molecule has 0 aliphatic heterocycles. The van der Waals surface area contributed by atoms with E-state index < -0.39 is 0 Å². The van der Waals surface area contributed by atoms with Crippen LogP contribution in [0.3, 0.4) is 0 Å². The second kappa shape index (κ2) is 10.6. The number of hydrogen-bond donors (Lipinski definition) is 0. The molecule has 7 aromatic carbocycles. The molecular weight excluding hydrogens is 560 g/mol. The van der Waals surface area contributed by atoms with Gasteiger partial charge in [0.2, 0.25) is 0 Å². The third kappa shape index (κ3) is 3.83. The van der Waals surface area contributed by atoms with Crippen LogP contribution in [0.25, 0.3) is 88.7 Å². The largest absolute Gasteiger partial charge is 0.455 e. The number of benzene rings is 7. The van der Waals surface area contributed by atoms with Gasteiger partial charge in [0.15, 0.2) is 0 Å². The first kappa shape index (κ1) is 27.2. The van der Waals surface area contributed by atoms with Gasteiger partial charge in [0.1, 0.15) is 23.3 Å². The second-order valence-electron chi connectivity index (χ2n) is 11.4. The van der Waals surface area contributed by atoms with Crippen molar-refractivity contribution >= 4 is 66.4 Å². The number of allylic oxidation sites excluding steroid dienone is 1. The van der Waals surface area contributed by atoms with Crippen molar-refractivity contribution in [3.63, 3.8) is 0 Å². The summed E-state index contributed by atoms with van der Waals surface area (Å²) in [4.78, 5) is 0. The highest BCUT2D eigenvalue weighted by molar-refractivity contribution is 6.19. The fourth-order valence-corrected chi connectivity index (χ4v) is 7.15. The van der Waals surface area contributed by atoms with Crippen LogP contribution in [0.2, 0.25) is 0 Å². The SMILES string of the molecule is C=Cc1c(/C=C\C)c(-c2cccc3c2oc2cc(-c4c5ccccc5c(C#N)c5ccccc45)ccc23)c2ccccc2c1C#N. The van der Waals surface area contributed by atoms with Crippen LogP contribution in [-0.4, -0.2) is 0 Å². The highest BCUT2D eigenvalue weighted by Crippen LogP contribution is 2.45. The second-order valence-corrected chi connectivity index (χ2v) is 11.4. The molecule has 3 nitrogen and oxygen atoms in total. The van der Waals surface area contributed by atoms with E-state index in [2.05, 4.69) is 79.4 Å². The lowest BCUT2D eigenvalue weighted by Gasteiger charge is -2.17. The van der Waals surface area contributed by atoms with Crippen LogP contribution >= 0.6 is 0 Å². The molecule has 0 fully saturated rings. The van der Waals surface area contributed by atoms with E-state index in [1.165, 1.54) is 0 Å². The number of nitriles is 2. The van der Waals surface area contributed by atoms with Gasteiger partial charge in [-0.3, -0.25) is 0 Å². The molecule has 0 saturated heterocycles. The Kier molecular flexibility index (Phi) is 6.28. The van der Waals surface area contributed by atoms with Crippen LogP contribution in [-0.2, 0) is 0 Å². The van der Waals surface area contributed by atoms with E-state index in [1.807, 2.05) is 67.6 Å². The predicted molar refractivity (Wildman–Crippen MR) is 191 cm³/mol. The van der Waals surface area contributed by atoms with Gasteiger partial charge in [0.05, 0.1) is 11.1 Å². The summed E-state index contributed by atoms with van der Waals surface area (Å²) in [5.74, 6) is 0. The van der Waals surface area contributed by atoms with Gasteiger partial charge in [-0.2, -0.15) is 10.5 Å². The Hall–Kier alpha value is -6.42. The minimum atomic E-state index is 0.616. The lowest BCUT2D eigenvalue weighted by molar-refractivity contribution is 0.670. The smallest absolute Gasteiger partial charge is 0.143 e. The van der Waals surface area contributed by atoms with Crippen LogP contribution in [0.1, 0.15) is 29.2 Å². The Bertz CT molecular complexity index is 2640. The molecule has 8 rings (SSSR count). The molecular formula is C43H26N2O. The lowest BCUT2D eigenvalue weighted by atomic mass is 9.85. The van der Waals surface area contributed by atoms with Gasteiger partial charge in [-0.1, -0.05) is 122 Å². The van der Waals surface area contributed by atoms with E-state index in [0.29, 0.717) is 11.1 Å². The Morgan fingerprint density at radius 2 is 1.15 bits per heavy atom. The highest BCUT2D eigenvalue weighted by Gasteiger charge is 2.22. The van der Waals surface area contributed by atoms with Crippen LogP contribution in [0.5, 0.6) is 0 Å². The van der Waals surface area contributed by atoms with Crippen LogP contribution < -0.4 is 0 Å². The number of furan rings is 1. The average molecular weight is 587 g/mol. The summed E-state index contributed by atoms with van der Waals surface area (Å²) in [5.41, 5.74) is 8.71. The molecule has 3 heteroatoms. The standard InChI is InChI=1S/C43H26N2O/c1-3-12-32-27(4-2)38(24-44)30-15-7-10-18-35(30)42(32)37-20-11-19-36-31-22-21-26(23-40(31)46-43(36)37)41-33-16-8-5-13-28(33)39(25-45)29-14-6-9-17-34(29)41/h3-23H,2H2,1H3/b12-3-. The molecule has 0 unspecified atom stereocenters. The van der Waals surface area contributed by atoms with Crippen molar-refractivity contribution in [1.29, 1.82) is 10.5 Å². The van der Waals surface area contributed by atoms with Crippen molar-refractivity contribution < 1.29 is 4.42 Å². The molecule has 0 aliphatic carbocycles. The maximum absolute atomic E-state index is 10.2. The van der Waals surface area contributed by atoms with Crippen molar-refractivity contribution in [2.75, 3.05) is 0 Å². The highest BCUT2D eigenvalue weighted by atomic mass is 16.3. The van der Waals surface area contributed by atoms with Gasteiger partial charge in [0.25, 0.3) is 0 Å². The van der Waals surface area contributed by atoms with Gasteiger partial charge >= 0.3 is 0 Å². The molecule has 0 radical (unpaired) electrons. The zero-order chi connectivity index (χ0) is 31.4. The van der Waals surface area contributed by atoms with Gasteiger partial charge in [-0.05, 0) is 51.9 Å². The fraction of sp³-hybridized carbons (Fsp3) is 0.0233. The maximum atomic E-state index is 10.2. The molecule has 0 amide bonds. The van der Waals surface area contributed by atoms with E-state index in [4.69, 9.17) is 4.42 Å². The number of nitrogens with zero attached hydrogens (tertiary/aromatic N) is 2. The van der Waals surface area contributed by atoms with E-state index in [1.54, 1.807) is 6.08 Å². The third-order valence-electron chi connectivity index (χ3n) is 9.04. The first-order valence-corrected chi connectivity index (χ1v) is 15.2. The zero-order valence-electron chi connectivity index (χ0n) is 25.1. The van der Waals surface area contributed by atoms with Crippen LogP contribution in [0, 0.1) is 22.7 Å². The normalized spacial score (nSPS) is 11.5. The minimum absolute atomic E-state index is 0.616. The Morgan fingerprint density at radius 1 is 0.587 bits per heavy atom. The monoisotopic (exact) mass is 586 g/mol. The lowest BCUT2D eigenvalue weighted by Crippen LogP contribution is -1.96. The van der Waals surface area contributed by atoms with E-state index >= 15 is 0 Å². The molecule has 0 atom stereocenters. The topological polar surface area (TPSA) is 60.7 Å². The van der Waals surface area contributed by atoms with Crippen molar-refractivity contribution in [3.05, 3.63) is 144 Å². The Balaban J connectivity index is 1.45. The molecule has 0 bridgehead atoms. The predicted octanol–water partition coefficient (Wildman–Crippen LogP) is 11.8. The van der Waals surface area contributed by atoms with Crippen LogP contribution in [0.4, 0.5) is 0 Å². The quantitative estimate of drug-likeness (QED) is 0.193. The van der Waals surface area contributed by atoms with Gasteiger partial charge < -0.3 is 4.42 Å². The molecule has 46 heavy (non-hydrogen) atoms. The summed E-state index contributed by atoms with van der Waals surface area (Å²) in [6.07, 6.45) is 5.83. The zero-order valence-corrected chi connectivity index (χ0v) is 25.1. The van der Waals surface area contributed by atoms with E-state index in [-0.39, 0.29) is 0 Å².